The Kier molecular flexibility index (Phi) is 4.87. The van der Waals surface area contributed by atoms with Crippen LogP contribution in [-0.4, -0.2) is 13.0 Å². The zero-order valence-corrected chi connectivity index (χ0v) is 11.5. The molecule has 0 unspecified atom stereocenters. The zero-order chi connectivity index (χ0) is 15.2. The fourth-order valence-corrected chi connectivity index (χ4v) is 1.92. The number of carbonyl (C=O) groups is 1. The number of nitrogens with one attached hydrogen (secondary N) is 1. The van der Waals surface area contributed by atoms with Gasteiger partial charge in [-0.05, 0) is 35.4 Å². The van der Waals surface area contributed by atoms with Gasteiger partial charge in [-0.25, -0.2) is 8.78 Å². The van der Waals surface area contributed by atoms with Crippen LogP contribution in [0.25, 0.3) is 0 Å². The van der Waals surface area contributed by atoms with E-state index in [1.165, 1.54) is 31.4 Å². The highest BCUT2D eigenvalue weighted by Gasteiger charge is 2.06. The van der Waals surface area contributed by atoms with E-state index in [0.717, 1.165) is 0 Å². The van der Waals surface area contributed by atoms with Crippen LogP contribution in [-0.2, 0) is 17.8 Å². The maximum absolute atomic E-state index is 13.5. The Morgan fingerprint density at radius 3 is 2.62 bits per heavy atom. The molecule has 0 saturated heterocycles. The van der Waals surface area contributed by atoms with Crippen molar-refractivity contribution in [2.24, 2.45) is 0 Å². The second-order valence-electron chi connectivity index (χ2n) is 4.55. The molecule has 0 saturated carbocycles. The normalized spacial score (nSPS) is 10.2. The Morgan fingerprint density at radius 2 is 1.95 bits per heavy atom. The van der Waals surface area contributed by atoms with Crippen LogP contribution in [0.15, 0.2) is 42.5 Å². The van der Waals surface area contributed by atoms with Crippen LogP contribution >= 0.6 is 0 Å². The van der Waals surface area contributed by atoms with Crippen LogP contribution in [0.5, 0.6) is 5.75 Å². The molecule has 0 aliphatic rings. The van der Waals surface area contributed by atoms with E-state index in [4.69, 9.17) is 4.74 Å². The van der Waals surface area contributed by atoms with Crippen LogP contribution in [0.1, 0.15) is 11.1 Å². The second-order valence-corrected chi connectivity index (χ2v) is 4.55. The van der Waals surface area contributed by atoms with E-state index < -0.39 is 5.82 Å². The van der Waals surface area contributed by atoms with Crippen molar-refractivity contribution in [1.29, 1.82) is 0 Å². The van der Waals surface area contributed by atoms with Crippen molar-refractivity contribution in [2.45, 2.75) is 13.0 Å². The van der Waals surface area contributed by atoms with E-state index in [0.29, 0.717) is 11.1 Å². The lowest BCUT2D eigenvalue weighted by molar-refractivity contribution is -0.120. The van der Waals surface area contributed by atoms with Crippen LogP contribution in [0.4, 0.5) is 8.78 Å². The van der Waals surface area contributed by atoms with Gasteiger partial charge in [-0.2, -0.15) is 0 Å². The third kappa shape index (κ3) is 4.27. The standard InChI is InChI=1S/C16H15F2NO2/c1-21-15-6-5-12(8-14(15)18)10-19-16(20)9-11-3-2-4-13(17)7-11/h2-8H,9-10H2,1H3,(H,19,20). The number of benzene rings is 2. The molecule has 5 heteroatoms. The molecule has 0 radical (unpaired) electrons. The van der Waals surface area contributed by atoms with Crippen molar-refractivity contribution in [3.63, 3.8) is 0 Å². The molecular formula is C16H15F2NO2. The Balaban J connectivity index is 1.90. The van der Waals surface area contributed by atoms with Gasteiger partial charge in [0.25, 0.3) is 0 Å². The van der Waals surface area contributed by atoms with Crippen LogP contribution in [0.2, 0.25) is 0 Å². The Bertz CT molecular complexity index is 644. The predicted octanol–water partition coefficient (Wildman–Crippen LogP) is 2.83. The average molecular weight is 291 g/mol. The first kappa shape index (κ1) is 15.0. The summed E-state index contributed by atoms with van der Waals surface area (Å²) in [7, 11) is 1.39. The quantitative estimate of drug-likeness (QED) is 0.920. The minimum absolute atomic E-state index is 0.0798. The number of amides is 1. The van der Waals surface area contributed by atoms with E-state index in [9.17, 15) is 13.6 Å². The molecule has 0 heterocycles. The van der Waals surface area contributed by atoms with Crippen LogP contribution in [0.3, 0.4) is 0 Å². The lowest BCUT2D eigenvalue weighted by Gasteiger charge is -2.07. The van der Waals surface area contributed by atoms with Gasteiger partial charge in [0.2, 0.25) is 5.91 Å². The highest BCUT2D eigenvalue weighted by Crippen LogP contribution is 2.17. The molecule has 2 aromatic carbocycles. The topological polar surface area (TPSA) is 38.3 Å². The van der Waals surface area contributed by atoms with Crippen LogP contribution < -0.4 is 10.1 Å². The first-order valence-corrected chi connectivity index (χ1v) is 6.42. The van der Waals surface area contributed by atoms with Crippen molar-refractivity contribution in [3.05, 3.63) is 65.2 Å². The van der Waals surface area contributed by atoms with Crippen molar-refractivity contribution in [3.8, 4) is 5.75 Å². The summed E-state index contributed by atoms with van der Waals surface area (Å²) >= 11 is 0. The maximum Gasteiger partial charge on any atom is 0.224 e. The fraction of sp³-hybridized carbons (Fsp3) is 0.188. The number of ether oxygens (including phenoxy) is 1. The average Bonchev–Trinajstić information content (AvgIpc) is 2.45. The molecule has 110 valence electrons. The second kappa shape index (κ2) is 6.83. The van der Waals surface area contributed by atoms with E-state index in [1.54, 1.807) is 18.2 Å². The summed E-state index contributed by atoms with van der Waals surface area (Å²) in [5, 5.41) is 2.66. The molecule has 0 spiro atoms. The van der Waals surface area contributed by atoms with Gasteiger partial charge in [-0.1, -0.05) is 18.2 Å². The number of rotatable bonds is 5. The van der Waals surface area contributed by atoms with Crippen molar-refractivity contribution >= 4 is 5.91 Å². The molecule has 0 aliphatic carbocycles. The highest BCUT2D eigenvalue weighted by atomic mass is 19.1. The van der Waals surface area contributed by atoms with Gasteiger partial charge in [0.1, 0.15) is 5.82 Å². The molecule has 1 amide bonds. The smallest absolute Gasteiger partial charge is 0.224 e. The zero-order valence-electron chi connectivity index (χ0n) is 11.5. The SMILES string of the molecule is COc1ccc(CNC(=O)Cc2cccc(F)c2)cc1F. The molecule has 0 fully saturated rings. The molecule has 1 N–H and O–H groups in total. The van der Waals surface area contributed by atoms with Gasteiger partial charge in [-0.3, -0.25) is 4.79 Å². The fourth-order valence-electron chi connectivity index (χ4n) is 1.92. The first-order chi connectivity index (χ1) is 10.1. The van der Waals surface area contributed by atoms with E-state index in [2.05, 4.69) is 5.32 Å². The molecule has 0 bridgehead atoms. The van der Waals surface area contributed by atoms with E-state index >= 15 is 0 Å². The predicted molar refractivity (Wildman–Crippen MR) is 74.9 cm³/mol. The van der Waals surface area contributed by atoms with Crippen LogP contribution in [0, 0.1) is 11.6 Å². The van der Waals surface area contributed by atoms with Gasteiger partial charge in [0, 0.05) is 6.54 Å². The highest BCUT2D eigenvalue weighted by molar-refractivity contribution is 5.78. The summed E-state index contributed by atoms with van der Waals surface area (Å²) < 4.78 is 31.3. The Labute approximate surface area is 121 Å². The van der Waals surface area contributed by atoms with Gasteiger partial charge in [0.15, 0.2) is 11.6 Å². The summed E-state index contributed by atoms with van der Waals surface area (Å²) in [6.07, 6.45) is 0.0798. The first-order valence-electron chi connectivity index (χ1n) is 6.42. The minimum atomic E-state index is -0.477. The monoisotopic (exact) mass is 291 g/mol. The van der Waals surface area contributed by atoms with Crippen molar-refractivity contribution in [1.82, 2.24) is 5.32 Å². The molecule has 2 rings (SSSR count). The molecular weight excluding hydrogens is 276 g/mol. The molecule has 3 nitrogen and oxygen atoms in total. The van der Waals surface area contributed by atoms with Gasteiger partial charge >= 0.3 is 0 Å². The third-order valence-electron chi connectivity index (χ3n) is 2.96. The number of methoxy groups -OCH3 is 1. The number of hydrogen-bond acceptors (Lipinski definition) is 2. The molecule has 0 atom stereocenters. The number of carbonyl (C=O) groups excluding carboxylic acids is 1. The third-order valence-corrected chi connectivity index (χ3v) is 2.96. The largest absolute Gasteiger partial charge is 0.494 e. The number of hydrogen-bond donors (Lipinski definition) is 1. The molecule has 21 heavy (non-hydrogen) atoms. The molecule has 0 aromatic heterocycles. The Morgan fingerprint density at radius 1 is 1.14 bits per heavy atom. The minimum Gasteiger partial charge on any atom is -0.494 e. The lowest BCUT2D eigenvalue weighted by atomic mass is 10.1. The summed E-state index contributed by atoms with van der Waals surface area (Å²) in [5.74, 6) is -0.950. The summed E-state index contributed by atoms with van der Waals surface area (Å²) in [6, 6.07) is 10.3. The maximum atomic E-state index is 13.5. The van der Waals surface area contributed by atoms with E-state index in [-0.39, 0.29) is 30.4 Å². The lowest BCUT2D eigenvalue weighted by Crippen LogP contribution is -2.24. The molecule has 0 aliphatic heterocycles. The van der Waals surface area contributed by atoms with Gasteiger partial charge in [-0.15, -0.1) is 0 Å². The summed E-state index contributed by atoms with van der Waals surface area (Å²) in [6.45, 7) is 0.203. The van der Waals surface area contributed by atoms with Crippen molar-refractivity contribution in [2.75, 3.05) is 7.11 Å². The van der Waals surface area contributed by atoms with Gasteiger partial charge < -0.3 is 10.1 Å². The van der Waals surface area contributed by atoms with Crippen molar-refractivity contribution < 1.29 is 18.3 Å². The number of halogens is 2. The Hall–Kier alpha value is -2.43. The molecule has 2 aromatic rings. The van der Waals surface area contributed by atoms with E-state index in [1.807, 2.05) is 0 Å². The van der Waals surface area contributed by atoms with Gasteiger partial charge in [0.05, 0.1) is 13.5 Å². The summed E-state index contributed by atoms with van der Waals surface area (Å²) in [5.41, 5.74) is 1.22. The summed E-state index contributed by atoms with van der Waals surface area (Å²) in [4.78, 5) is 11.8.